The molecule has 0 saturated heterocycles. The fraction of sp³-hybridized carbons (Fsp3) is 0.154. The molecule has 4 heteroatoms. The minimum absolute atomic E-state index is 0.278. The summed E-state index contributed by atoms with van der Waals surface area (Å²) in [5.74, 6) is -0.278. The Kier molecular flexibility index (Phi) is 3.45. The van der Waals surface area contributed by atoms with Crippen molar-refractivity contribution in [2.75, 3.05) is 0 Å². The lowest BCUT2D eigenvalue weighted by Gasteiger charge is -2.02. The van der Waals surface area contributed by atoms with E-state index in [0.29, 0.717) is 6.42 Å². The van der Waals surface area contributed by atoms with E-state index in [2.05, 4.69) is 5.10 Å². The summed E-state index contributed by atoms with van der Waals surface area (Å²) >= 11 is 0. The van der Waals surface area contributed by atoms with Gasteiger partial charge in [0.25, 0.3) is 11.5 Å². The van der Waals surface area contributed by atoms with Gasteiger partial charge in [-0.1, -0.05) is 30.3 Å². The average Bonchev–Trinajstić information content (AvgIpc) is 2.38. The first-order valence-electron chi connectivity index (χ1n) is 5.39. The normalized spacial score (nSPS) is 10.1. The van der Waals surface area contributed by atoms with Gasteiger partial charge in [-0.05, 0) is 18.1 Å². The van der Waals surface area contributed by atoms with E-state index in [1.54, 1.807) is 0 Å². The van der Waals surface area contributed by atoms with Gasteiger partial charge in [-0.3, -0.25) is 9.59 Å². The predicted molar refractivity (Wildman–Crippen MR) is 63.9 cm³/mol. The largest absolute Gasteiger partial charge is 0.273 e. The van der Waals surface area contributed by atoms with Crippen molar-refractivity contribution in [2.24, 2.45) is 0 Å². The van der Waals surface area contributed by atoms with Gasteiger partial charge >= 0.3 is 0 Å². The van der Waals surface area contributed by atoms with Crippen LogP contribution in [0.25, 0.3) is 0 Å². The molecule has 0 saturated carbocycles. The van der Waals surface area contributed by atoms with Gasteiger partial charge < -0.3 is 0 Å². The topological polar surface area (TPSA) is 52.0 Å². The first-order chi connectivity index (χ1) is 8.27. The van der Waals surface area contributed by atoms with Crippen LogP contribution in [-0.4, -0.2) is 15.7 Å². The van der Waals surface area contributed by atoms with Crippen molar-refractivity contribution in [3.8, 4) is 0 Å². The molecule has 0 atom stereocenters. The fourth-order valence-corrected chi connectivity index (χ4v) is 1.55. The van der Waals surface area contributed by atoms with Gasteiger partial charge in [0.15, 0.2) is 0 Å². The van der Waals surface area contributed by atoms with Crippen molar-refractivity contribution in [2.45, 2.75) is 12.8 Å². The van der Waals surface area contributed by atoms with Gasteiger partial charge in [0.1, 0.15) is 0 Å². The molecule has 2 rings (SSSR count). The maximum Gasteiger partial charge on any atom is 0.273 e. The molecule has 0 bridgehead atoms. The number of nitrogens with zero attached hydrogens (tertiary/aromatic N) is 2. The summed E-state index contributed by atoms with van der Waals surface area (Å²) < 4.78 is 0.906. The van der Waals surface area contributed by atoms with Crippen LogP contribution in [0.2, 0.25) is 0 Å². The molecule has 0 spiro atoms. The molecule has 0 aliphatic rings. The van der Waals surface area contributed by atoms with Crippen molar-refractivity contribution in [3.63, 3.8) is 0 Å². The summed E-state index contributed by atoms with van der Waals surface area (Å²) in [5, 5.41) is 3.75. The summed E-state index contributed by atoms with van der Waals surface area (Å²) in [5.41, 5.74) is 0.690. The Labute approximate surface area is 98.5 Å². The quantitative estimate of drug-likeness (QED) is 0.800. The van der Waals surface area contributed by atoms with Crippen molar-refractivity contribution >= 4 is 5.91 Å². The third-order valence-electron chi connectivity index (χ3n) is 2.42. The predicted octanol–water partition coefficient (Wildman–Crippen LogP) is 1.52. The van der Waals surface area contributed by atoms with Crippen LogP contribution in [0.4, 0.5) is 0 Å². The molecule has 0 radical (unpaired) electrons. The maximum atomic E-state index is 11.7. The SMILES string of the molecule is O=C(CCc1ccccc1)n1ncccc1=O. The van der Waals surface area contributed by atoms with E-state index in [0.717, 1.165) is 10.2 Å². The molecule has 0 aliphatic heterocycles. The zero-order valence-corrected chi connectivity index (χ0v) is 9.24. The van der Waals surface area contributed by atoms with Crippen LogP contribution < -0.4 is 5.56 Å². The summed E-state index contributed by atoms with van der Waals surface area (Å²) in [6, 6.07) is 12.5. The average molecular weight is 228 g/mol. The zero-order valence-electron chi connectivity index (χ0n) is 9.24. The number of carbonyl (C=O) groups excluding carboxylic acids is 1. The molecule has 1 aromatic heterocycles. The van der Waals surface area contributed by atoms with Crippen molar-refractivity contribution in [3.05, 3.63) is 64.6 Å². The molecule has 0 N–H and O–H groups in total. The van der Waals surface area contributed by atoms with Gasteiger partial charge in [0, 0.05) is 18.7 Å². The second-order valence-corrected chi connectivity index (χ2v) is 3.65. The number of rotatable bonds is 3. The third kappa shape index (κ3) is 2.87. The standard InChI is InChI=1S/C13H12N2O2/c16-12-7-4-10-14-15(12)13(17)9-8-11-5-2-1-3-6-11/h1-7,10H,8-9H2. The molecule has 1 aromatic carbocycles. The summed E-state index contributed by atoms with van der Waals surface area (Å²) in [6.45, 7) is 0. The van der Waals surface area contributed by atoms with Gasteiger partial charge in [-0.25, -0.2) is 0 Å². The number of hydrogen-bond acceptors (Lipinski definition) is 3. The van der Waals surface area contributed by atoms with E-state index in [9.17, 15) is 9.59 Å². The molecule has 0 aliphatic carbocycles. The van der Waals surface area contributed by atoms with Crippen LogP contribution in [0.3, 0.4) is 0 Å². The van der Waals surface area contributed by atoms with Gasteiger partial charge in [-0.15, -0.1) is 0 Å². The van der Waals surface area contributed by atoms with Gasteiger partial charge in [-0.2, -0.15) is 9.78 Å². The van der Waals surface area contributed by atoms with Crippen LogP contribution in [0.5, 0.6) is 0 Å². The minimum Gasteiger partial charge on any atom is -0.272 e. The van der Waals surface area contributed by atoms with Crippen LogP contribution in [0.1, 0.15) is 16.8 Å². The lowest BCUT2D eigenvalue weighted by molar-refractivity contribution is 0.0880. The monoisotopic (exact) mass is 228 g/mol. The highest BCUT2D eigenvalue weighted by molar-refractivity contribution is 5.77. The molecule has 0 unspecified atom stereocenters. The zero-order chi connectivity index (χ0) is 12.1. The van der Waals surface area contributed by atoms with Crippen LogP contribution in [0, 0.1) is 0 Å². The second-order valence-electron chi connectivity index (χ2n) is 3.65. The Balaban J connectivity index is 2.04. The molecule has 86 valence electrons. The number of aryl methyl sites for hydroxylation is 1. The number of hydrogen-bond donors (Lipinski definition) is 0. The molecular formula is C13H12N2O2. The minimum atomic E-state index is -0.384. The van der Waals surface area contributed by atoms with Crippen molar-refractivity contribution in [1.29, 1.82) is 0 Å². The van der Waals surface area contributed by atoms with Gasteiger partial charge in [0.2, 0.25) is 0 Å². The van der Waals surface area contributed by atoms with Crippen LogP contribution in [0.15, 0.2) is 53.5 Å². The number of benzene rings is 1. The highest BCUT2D eigenvalue weighted by atomic mass is 16.2. The molecule has 4 nitrogen and oxygen atoms in total. The van der Waals surface area contributed by atoms with E-state index in [1.807, 2.05) is 30.3 Å². The molecule has 0 amide bonds. The highest BCUT2D eigenvalue weighted by Crippen LogP contribution is 2.02. The Morgan fingerprint density at radius 3 is 2.59 bits per heavy atom. The molecular weight excluding hydrogens is 216 g/mol. The summed E-state index contributed by atoms with van der Waals surface area (Å²) in [4.78, 5) is 23.1. The van der Waals surface area contributed by atoms with E-state index in [1.165, 1.54) is 18.3 Å². The van der Waals surface area contributed by atoms with E-state index in [-0.39, 0.29) is 17.9 Å². The summed E-state index contributed by atoms with van der Waals surface area (Å²) in [6.07, 6.45) is 2.32. The lowest BCUT2D eigenvalue weighted by atomic mass is 10.1. The highest BCUT2D eigenvalue weighted by Gasteiger charge is 2.07. The second kappa shape index (κ2) is 5.21. The van der Waals surface area contributed by atoms with Crippen molar-refractivity contribution < 1.29 is 4.79 Å². The van der Waals surface area contributed by atoms with Crippen molar-refractivity contribution in [1.82, 2.24) is 9.78 Å². The molecule has 0 fully saturated rings. The number of carbonyl (C=O) groups is 1. The van der Waals surface area contributed by atoms with Crippen LogP contribution >= 0.6 is 0 Å². The Hall–Kier alpha value is -2.23. The van der Waals surface area contributed by atoms with Crippen LogP contribution in [-0.2, 0) is 6.42 Å². The lowest BCUT2D eigenvalue weighted by Crippen LogP contribution is -2.28. The Morgan fingerprint density at radius 2 is 1.88 bits per heavy atom. The molecule has 17 heavy (non-hydrogen) atoms. The Bertz CT molecular complexity index is 561. The first kappa shape index (κ1) is 11.3. The molecule has 1 heterocycles. The smallest absolute Gasteiger partial charge is 0.272 e. The number of aromatic nitrogens is 2. The summed E-state index contributed by atoms with van der Waals surface area (Å²) in [7, 11) is 0. The molecule has 2 aromatic rings. The first-order valence-corrected chi connectivity index (χ1v) is 5.39. The fourth-order valence-electron chi connectivity index (χ4n) is 1.55. The maximum absolute atomic E-state index is 11.7. The third-order valence-corrected chi connectivity index (χ3v) is 2.42. The van der Waals surface area contributed by atoms with E-state index in [4.69, 9.17) is 0 Å². The Morgan fingerprint density at radius 1 is 1.12 bits per heavy atom. The van der Waals surface area contributed by atoms with E-state index < -0.39 is 0 Å². The van der Waals surface area contributed by atoms with E-state index >= 15 is 0 Å². The van der Waals surface area contributed by atoms with Gasteiger partial charge in [0.05, 0.1) is 0 Å².